The molecule has 1 aliphatic rings. The van der Waals surface area contributed by atoms with Crippen molar-refractivity contribution < 1.29 is 0 Å². The topological polar surface area (TPSA) is 64.7 Å². The van der Waals surface area contributed by atoms with Gasteiger partial charge in [-0.15, -0.1) is 5.10 Å². The Kier molecular flexibility index (Phi) is 4.33. The summed E-state index contributed by atoms with van der Waals surface area (Å²) in [5.41, 5.74) is 2.04. The average Bonchev–Trinajstić information content (AvgIpc) is 3.29. The summed E-state index contributed by atoms with van der Waals surface area (Å²) in [6.07, 6.45) is 9.10. The van der Waals surface area contributed by atoms with Crippen LogP contribution in [0.5, 0.6) is 0 Å². The Morgan fingerprint density at radius 3 is 2.88 bits per heavy atom. The summed E-state index contributed by atoms with van der Waals surface area (Å²) >= 11 is 0. The van der Waals surface area contributed by atoms with Gasteiger partial charge in [-0.25, -0.2) is 9.67 Å². The molecule has 0 spiro atoms. The fourth-order valence-corrected chi connectivity index (χ4v) is 3.30. The van der Waals surface area contributed by atoms with Crippen LogP contribution < -0.4 is 0 Å². The van der Waals surface area contributed by atoms with E-state index in [-0.39, 0.29) is 0 Å². The van der Waals surface area contributed by atoms with Gasteiger partial charge < -0.3 is 0 Å². The zero-order valence-electron chi connectivity index (χ0n) is 13.6. The van der Waals surface area contributed by atoms with Crippen molar-refractivity contribution in [2.45, 2.75) is 38.4 Å². The number of para-hydroxylation sites is 1. The lowest BCUT2D eigenvalue weighted by Gasteiger charge is -2.34. The molecule has 1 atom stereocenters. The van der Waals surface area contributed by atoms with Gasteiger partial charge in [0.2, 0.25) is 0 Å². The average molecular weight is 323 g/mol. The predicted octanol–water partition coefficient (Wildman–Crippen LogP) is 1.91. The van der Waals surface area contributed by atoms with Crippen LogP contribution in [0.2, 0.25) is 0 Å². The highest BCUT2D eigenvalue weighted by Gasteiger charge is 2.24. The molecule has 1 fully saturated rings. The largest absolute Gasteiger partial charge is 0.293 e. The summed E-state index contributed by atoms with van der Waals surface area (Å²) in [5.74, 6) is 0. The van der Waals surface area contributed by atoms with Crippen molar-refractivity contribution in [1.82, 2.24) is 34.7 Å². The summed E-state index contributed by atoms with van der Waals surface area (Å²) < 4.78 is 3.76. The third-order valence-corrected chi connectivity index (χ3v) is 4.54. The van der Waals surface area contributed by atoms with Crippen molar-refractivity contribution in [1.29, 1.82) is 0 Å². The van der Waals surface area contributed by atoms with Gasteiger partial charge in [0.25, 0.3) is 0 Å². The molecule has 1 aliphatic heterocycles. The first kappa shape index (κ1) is 15.0. The zero-order chi connectivity index (χ0) is 16.2. The second-order valence-electron chi connectivity index (χ2n) is 6.23. The minimum absolute atomic E-state index is 0.474. The number of nitrogens with zero attached hydrogens (tertiary/aromatic N) is 7. The Morgan fingerprint density at radius 2 is 2.04 bits per heavy atom. The summed E-state index contributed by atoms with van der Waals surface area (Å²) in [7, 11) is 0. The molecule has 0 aliphatic carbocycles. The van der Waals surface area contributed by atoms with Crippen LogP contribution in [0.15, 0.2) is 49.2 Å². The van der Waals surface area contributed by atoms with Gasteiger partial charge in [-0.05, 0) is 31.5 Å². The van der Waals surface area contributed by atoms with Gasteiger partial charge in [0.05, 0.1) is 24.1 Å². The molecule has 3 aromatic rings. The second kappa shape index (κ2) is 6.92. The molecule has 24 heavy (non-hydrogen) atoms. The van der Waals surface area contributed by atoms with Gasteiger partial charge >= 0.3 is 0 Å². The van der Waals surface area contributed by atoms with Crippen LogP contribution >= 0.6 is 0 Å². The molecule has 0 unspecified atom stereocenters. The maximum Gasteiger partial charge on any atom is 0.137 e. The number of aromatic nitrogens is 6. The minimum atomic E-state index is 0.474. The molecule has 0 saturated carbocycles. The van der Waals surface area contributed by atoms with E-state index in [2.05, 4.69) is 25.3 Å². The first-order valence-electron chi connectivity index (χ1n) is 8.41. The summed E-state index contributed by atoms with van der Waals surface area (Å²) in [5, 5.41) is 12.9. The maximum atomic E-state index is 4.35. The molecule has 0 bridgehead atoms. The maximum absolute atomic E-state index is 4.35. The quantitative estimate of drug-likeness (QED) is 0.718. The molecule has 2 aromatic heterocycles. The molecule has 7 heteroatoms. The molecule has 0 amide bonds. The molecular formula is C17H21N7. The third-order valence-electron chi connectivity index (χ3n) is 4.54. The van der Waals surface area contributed by atoms with Gasteiger partial charge in [0.15, 0.2) is 0 Å². The Bertz CT molecular complexity index is 750. The van der Waals surface area contributed by atoms with Crippen molar-refractivity contribution in [3.8, 4) is 5.69 Å². The minimum Gasteiger partial charge on any atom is -0.293 e. The van der Waals surface area contributed by atoms with E-state index in [9.17, 15) is 0 Å². The van der Waals surface area contributed by atoms with Crippen molar-refractivity contribution in [3.63, 3.8) is 0 Å². The summed E-state index contributed by atoms with van der Waals surface area (Å²) in [6.45, 7) is 2.80. The highest BCUT2D eigenvalue weighted by Crippen LogP contribution is 2.20. The molecule has 7 nitrogen and oxygen atoms in total. The predicted molar refractivity (Wildman–Crippen MR) is 89.4 cm³/mol. The second-order valence-corrected chi connectivity index (χ2v) is 6.23. The molecule has 124 valence electrons. The number of rotatable bonds is 5. The lowest BCUT2D eigenvalue weighted by atomic mass is 10.0. The van der Waals surface area contributed by atoms with Crippen LogP contribution in [-0.2, 0) is 13.1 Å². The van der Waals surface area contributed by atoms with Gasteiger partial charge in [0, 0.05) is 12.6 Å². The fourth-order valence-electron chi connectivity index (χ4n) is 3.30. The Hall–Kier alpha value is -2.54. The van der Waals surface area contributed by atoms with E-state index in [1.165, 1.54) is 19.3 Å². The van der Waals surface area contributed by atoms with E-state index in [4.69, 9.17) is 0 Å². The summed E-state index contributed by atoms with van der Waals surface area (Å²) in [6, 6.07) is 10.6. The van der Waals surface area contributed by atoms with E-state index in [1.54, 1.807) is 12.7 Å². The monoisotopic (exact) mass is 323 g/mol. The summed E-state index contributed by atoms with van der Waals surface area (Å²) in [4.78, 5) is 6.53. The van der Waals surface area contributed by atoms with Crippen LogP contribution in [0, 0.1) is 0 Å². The first-order valence-corrected chi connectivity index (χ1v) is 8.41. The normalized spacial score (nSPS) is 18.8. The van der Waals surface area contributed by atoms with Crippen molar-refractivity contribution >= 4 is 0 Å². The van der Waals surface area contributed by atoms with Crippen LogP contribution in [0.4, 0.5) is 0 Å². The number of hydrogen-bond donors (Lipinski definition) is 0. The van der Waals surface area contributed by atoms with E-state index in [1.807, 2.05) is 45.9 Å². The smallest absolute Gasteiger partial charge is 0.137 e. The van der Waals surface area contributed by atoms with Gasteiger partial charge in [0.1, 0.15) is 12.7 Å². The number of benzene rings is 1. The van der Waals surface area contributed by atoms with Crippen molar-refractivity contribution in [2.24, 2.45) is 0 Å². The van der Waals surface area contributed by atoms with Gasteiger partial charge in [-0.3, -0.25) is 9.58 Å². The number of piperidine rings is 1. The molecule has 1 saturated heterocycles. The van der Waals surface area contributed by atoms with Gasteiger partial charge in [-0.2, -0.15) is 5.10 Å². The molecule has 0 N–H and O–H groups in total. The standard InChI is InChI=1S/C17H21N7/c1-2-6-16(7-3-1)24-11-15(20-21-24)10-22-9-5-4-8-17(22)12-23-14-18-13-19-23/h1-3,6-7,11,13-14,17H,4-5,8-10,12H2/t17-/m0/s1. The van der Waals surface area contributed by atoms with E-state index < -0.39 is 0 Å². The lowest BCUT2D eigenvalue weighted by Crippen LogP contribution is -2.41. The Balaban J connectivity index is 1.46. The van der Waals surface area contributed by atoms with Crippen LogP contribution in [-0.4, -0.2) is 47.2 Å². The Morgan fingerprint density at radius 1 is 1.12 bits per heavy atom. The van der Waals surface area contributed by atoms with Crippen molar-refractivity contribution in [3.05, 3.63) is 54.9 Å². The SMILES string of the molecule is c1ccc(-n2cc(CN3CCCC[C@H]3Cn3cncn3)nn2)cc1. The van der Waals surface area contributed by atoms with Crippen molar-refractivity contribution in [2.75, 3.05) is 6.54 Å². The third kappa shape index (κ3) is 3.35. The first-order chi connectivity index (χ1) is 11.9. The lowest BCUT2D eigenvalue weighted by molar-refractivity contribution is 0.120. The highest BCUT2D eigenvalue weighted by molar-refractivity contribution is 5.29. The molecule has 0 radical (unpaired) electrons. The van der Waals surface area contributed by atoms with Crippen LogP contribution in [0.1, 0.15) is 25.0 Å². The van der Waals surface area contributed by atoms with E-state index in [0.717, 1.165) is 31.0 Å². The molecule has 4 rings (SSSR count). The highest BCUT2D eigenvalue weighted by atomic mass is 15.4. The number of likely N-dealkylation sites (tertiary alicyclic amines) is 1. The van der Waals surface area contributed by atoms with Crippen LogP contribution in [0.3, 0.4) is 0 Å². The van der Waals surface area contributed by atoms with Gasteiger partial charge in [-0.1, -0.05) is 29.8 Å². The molecular weight excluding hydrogens is 302 g/mol. The zero-order valence-corrected chi connectivity index (χ0v) is 13.6. The van der Waals surface area contributed by atoms with Crippen LogP contribution in [0.25, 0.3) is 5.69 Å². The fraction of sp³-hybridized carbons (Fsp3) is 0.412. The van der Waals surface area contributed by atoms with E-state index >= 15 is 0 Å². The number of hydrogen-bond acceptors (Lipinski definition) is 5. The molecule has 1 aromatic carbocycles. The van der Waals surface area contributed by atoms with E-state index in [0.29, 0.717) is 6.04 Å². The molecule has 3 heterocycles. The Labute approximate surface area is 140 Å².